The minimum absolute atomic E-state index is 0.0531. The first-order chi connectivity index (χ1) is 7.54. The smallest absolute Gasteiger partial charge is 0.317 e. The predicted octanol–water partition coefficient (Wildman–Crippen LogP) is -0.417. The molecule has 92 valence electrons. The summed E-state index contributed by atoms with van der Waals surface area (Å²) >= 11 is 0. The summed E-state index contributed by atoms with van der Waals surface area (Å²) in [5.41, 5.74) is -0.709. The average Bonchev–Trinajstić information content (AvgIpc) is 2.61. The Morgan fingerprint density at radius 1 is 1.44 bits per heavy atom. The lowest BCUT2D eigenvalue weighted by atomic mass is 9.88. The molecule has 0 aromatic heterocycles. The molecule has 6 nitrogen and oxygen atoms in total. The Hall–Kier alpha value is -1.14. The summed E-state index contributed by atoms with van der Waals surface area (Å²) in [5.74, 6) is -1.22. The predicted molar refractivity (Wildman–Crippen MR) is 55.0 cm³/mol. The highest BCUT2D eigenvalue weighted by Crippen LogP contribution is 2.32. The van der Waals surface area contributed by atoms with Crippen molar-refractivity contribution in [3.05, 3.63) is 0 Å². The van der Waals surface area contributed by atoms with Crippen LogP contribution in [0.15, 0.2) is 0 Å². The van der Waals surface area contributed by atoms with Crippen molar-refractivity contribution in [2.45, 2.75) is 6.42 Å². The third kappa shape index (κ3) is 2.70. The van der Waals surface area contributed by atoms with Crippen molar-refractivity contribution in [2.75, 3.05) is 40.5 Å². The molecule has 1 fully saturated rings. The van der Waals surface area contributed by atoms with Crippen LogP contribution in [0, 0.1) is 5.41 Å². The number of hydrogen-bond acceptors (Lipinski definition) is 5. The van der Waals surface area contributed by atoms with Crippen molar-refractivity contribution in [1.82, 2.24) is 4.90 Å². The zero-order valence-electron chi connectivity index (χ0n) is 9.56. The maximum Gasteiger partial charge on any atom is 0.317 e. The van der Waals surface area contributed by atoms with E-state index in [0.717, 1.165) is 0 Å². The van der Waals surface area contributed by atoms with Crippen molar-refractivity contribution in [2.24, 2.45) is 5.41 Å². The van der Waals surface area contributed by atoms with E-state index in [4.69, 9.17) is 14.6 Å². The molecule has 1 rings (SSSR count). The van der Waals surface area contributed by atoms with Crippen LogP contribution >= 0.6 is 0 Å². The van der Waals surface area contributed by atoms with Crippen LogP contribution in [0.1, 0.15) is 6.42 Å². The molecule has 1 aliphatic rings. The third-order valence-corrected chi connectivity index (χ3v) is 2.83. The SMILES string of the molecule is COCC1(C(=O)OC)CCN(CC(=O)O)C1. The van der Waals surface area contributed by atoms with Gasteiger partial charge in [0.1, 0.15) is 5.41 Å². The number of carboxylic acids is 1. The van der Waals surface area contributed by atoms with Gasteiger partial charge in [0.15, 0.2) is 0 Å². The molecule has 1 N–H and O–H groups in total. The van der Waals surface area contributed by atoms with Crippen LogP contribution in [0.5, 0.6) is 0 Å². The number of esters is 1. The number of likely N-dealkylation sites (tertiary alicyclic amines) is 1. The van der Waals surface area contributed by atoms with Crippen molar-refractivity contribution in [1.29, 1.82) is 0 Å². The van der Waals surface area contributed by atoms with Gasteiger partial charge < -0.3 is 14.6 Å². The Kier molecular flexibility index (Phi) is 4.26. The lowest BCUT2D eigenvalue weighted by Crippen LogP contribution is -2.40. The lowest BCUT2D eigenvalue weighted by Gasteiger charge is -2.25. The van der Waals surface area contributed by atoms with E-state index in [2.05, 4.69) is 0 Å². The van der Waals surface area contributed by atoms with E-state index in [0.29, 0.717) is 19.5 Å². The molecule has 0 aromatic carbocycles. The van der Waals surface area contributed by atoms with Gasteiger partial charge in [-0.05, 0) is 6.42 Å². The Bertz CT molecular complexity index is 280. The fourth-order valence-corrected chi connectivity index (χ4v) is 2.12. The van der Waals surface area contributed by atoms with E-state index in [1.54, 1.807) is 4.90 Å². The van der Waals surface area contributed by atoms with Crippen molar-refractivity contribution in [3.8, 4) is 0 Å². The normalized spacial score (nSPS) is 25.6. The van der Waals surface area contributed by atoms with Gasteiger partial charge in [-0.3, -0.25) is 14.5 Å². The van der Waals surface area contributed by atoms with Gasteiger partial charge in [-0.25, -0.2) is 0 Å². The summed E-state index contributed by atoms with van der Waals surface area (Å²) in [5, 5.41) is 8.68. The molecule has 0 spiro atoms. The minimum atomic E-state index is -0.891. The molecule has 0 radical (unpaired) electrons. The van der Waals surface area contributed by atoms with Crippen LogP contribution in [-0.2, 0) is 19.1 Å². The highest BCUT2D eigenvalue weighted by Gasteiger charge is 2.46. The van der Waals surface area contributed by atoms with Gasteiger partial charge in [0.2, 0.25) is 0 Å². The molecule has 0 aliphatic carbocycles. The number of methoxy groups -OCH3 is 2. The average molecular weight is 231 g/mol. The molecule has 1 unspecified atom stereocenters. The number of rotatable bonds is 5. The number of nitrogens with zero attached hydrogens (tertiary/aromatic N) is 1. The summed E-state index contributed by atoms with van der Waals surface area (Å²) < 4.78 is 9.78. The summed E-state index contributed by atoms with van der Waals surface area (Å²) in [6, 6.07) is 0. The van der Waals surface area contributed by atoms with Gasteiger partial charge >= 0.3 is 11.9 Å². The minimum Gasteiger partial charge on any atom is -0.480 e. The van der Waals surface area contributed by atoms with E-state index < -0.39 is 11.4 Å². The van der Waals surface area contributed by atoms with Crippen molar-refractivity contribution < 1.29 is 24.2 Å². The maximum atomic E-state index is 11.7. The number of aliphatic carboxylic acids is 1. The van der Waals surface area contributed by atoms with Gasteiger partial charge in [-0.2, -0.15) is 0 Å². The van der Waals surface area contributed by atoms with Crippen LogP contribution in [-0.4, -0.2) is 62.4 Å². The molecular weight excluding hydrogens is 214 g/mol. The van der Waals surface area contributed by atoms with Gasteiger partial charge in [0.05, 0.1) is 20.3 Å². The third-order valence-electron chi connectivity index (χ3n) is 2.83. The second-order valence-electron chi connectivity index (χ2n) is 4.06. The Morgan fingerprint density at radius 3 is 2.62 bits per heavy atom. The number of hydrogen-bond donors (Lipinski definition) is 1. The Balaban J connectivity index is 2.68. The van der Waals surface area contributed by atoms with Gasteiger partial charge in [0, 0.05) is 20.2 Å². The number of ether oxygens (including phenoxy) is 2. The molecule has 1 atom stereocenters. The summed E-state index contributed by atoms with van der Waals surface area (Å²) in [6.07, 6.45) is 0.570. The monoisotopic (exact) mass is 231 g/mol. The van der Waals surface area contributed by atoms with Gasteiger partial charge in [-0.1, -0.05) is 0 Å². The summed E-state index contributed by atoms with van der Waals surface area (Å²) in [7, 11) is 2.85. The highest BCUT2D eigenvalue weighted by atomic mass is 16.5. The first-order valence-electron chi connectivity index (χ1n) is 5.05. The van der Waals surface area contributed by atoms with E-state index >= 15 is 0 Å². The molecule has 1 saturated heterocycles. The van der Waals surface area contributed by atoms with Crippen LogP contribution in [0.2, 0.25) is 0 Å². The quantitative estimate of drug-likeness (QED) is 0.648. The first-order valence-corrected chi connectivity index (χ1v) is 5.05. The van der Waals surface area contributed by atoms with Crippen molar-refractivity contribution in [3.63, 3.8) is 0 Å². The number of carboxylic acid groups (broad SMARTS) is 1. The van der Waals surface area contributed by atoms with Crippen LogP contribution in [0.4, 0.5) is 0 Å². The lowest BCUT2D eigenvalue weighted by molar-refractivity contribution is -0.155. The Labute approximate surface area is 94.1 Å². The zero-order valence-corrected chi connectivity index (χ0v) is 9.56. The van der Waals surface area contributed by atoms with Crippen LogP contribution in [0.3, 0.4) is 0 Å². The zero-order chi connectivity index (χ0) is 12.2. The molecule has 0 saturated carbocycles. The highest BCUT2D eigenvalue weighted by molar-refractivity contribution is 5.78. The standard InChI is InChI=1S/C10H17NO5/c1-15-7-10(9(14)16-2)3-4-11(6-10)5-8(12)13/h3-7H2,1-2H3,(H,12,13). The first kappa shape index (κ1) is 12.9. The molecular formula is C10H17NO5. The molecule has 1 heterocycles. The fourth-order valence-electron chi connectivity index (χ4n) is 2.12. The maximum absolute atomic E-state index is 11.7. The molecule has 16 heavy (non-hydrogen) atoms. The Morgan fingerprint density at radius 2 is 2.12 bits per heavy atom. The van der Waals surface area contributed by atoms with E-state index in [-0.39, 0.29) is 19.1 Å². The molecule has 0 amide bonds. The molecule has 6 heteroatoms. The number of carbonyl (C=O) groups excluding carboxylic acids is 1. The van der Waals surface area contributed by atoms with E-state index in [1.165, 1.54) is 14.2 Å². The van der Waals surface area contributed by atoms with Gasteiger partial charge in [0.25, 0.3) is 0 Å². The molecule has 1 aliphatic heterocycles. The number of carbonyl (C=O) groups is 2. The second kappa shape index (κ2) is 5.27. The summed E-state index contributed by atoms with van der Waals surface area (Å²) in [6.45, 7) is 1.16. The molecule has 0 aromatic rings. The van der Waals surface area contributed by atoms with Crippen LogP contribution < -0.4 is 0 Å². The van der Waals surface area contributed by atoms with Gasteiger partial charge in [-0.15, -0.1) is 0 Å². The topological polar surface area (TPSA) is 76.1 Å². The largest absolute Gasteiger partial charge is 0.480 e. The summed E-state index contributed by atoms with van der Waals surface area (Å²) in [4.78, 5) is 24.0. The van der Waals surface area contributed by atoms with E-state index in [9.17, 15) is 9.59 Å². The van der Waals surface area contributed by atoms with Crippen molar-refractivity contribution >= 4 is 11.9 Å². The second-order valence-corrected chi connectivity index (χ2v) is 4.06. The van der Waals surface area contributed by atoms with Crippen LogP contribution in [0.25, 0.3) is 0 Å². The fraction of sp³-hybridized carbons (Fsp3) is 0.800. The van der Waals surface area contributed by atoms with E-state index in [1.807, 2.05) is 0 Å². The molecule has 0 bridgehead atoms.